The average Bonchev–Trinajstić information content (AvgIpc) is 3.24. The van der Waals surface area contributed by atoms with Gasteiger partial charge in [-0.2, -0.15) is 0 Å². The zero-order valence-electron chi connectivity index (χ0n) is 18.8. The number of carbonyl (C=O) groups excluding carboxylic acids is 1. The quantitative estimate of drug-likeness (QED) is 0.202. The summed E-state index contributed by atoms with van der Waals surface area (Å²) in [6.07, 6.45) is 3.10. The molecule has 5 N–H and O–H groups in total. The molecule has 0 aliphatic carbocycles. The Bertz CT molecular complexity index is 1530. The van der Waals surface area contributed by atoms with Crippen molar-refractivity contribution in [2.24, 2.45) is 0 Å². The molecule has 0 fully saturated rings. The van der Waals surface area contributed by atoms with Crippen molar-refractivity contribution in [2.45, 2.75) is 6.42 Å². The molecular weight excluding hydrogens is 438 g/mol. The summed E-state index contributed by atoms with van der Waals surface area (Å²) in [6, 6.07) is 26.4. The van der Waals surface area contributed by atoms with Crippen LogP contribution in [0.4, 0.5) is 22.9 Å². The lowest BCUT2D eigenvalue weighted by Crippen LogP contribution is -2.15. The van der Waals surface area contributed by atoms with E-state index in [0.717, 1.165) is 22.3 Å². The fourth-order valence-corrected chi connectivity index (χ4v) is 3.86. The number of para-hydroxylation sites is 1. The van der Waals surface area contributed by atoms with Crippen LogP contribution in [0.25, 0.3) is 16.6 Å². The molecule has 0 spiro atoms. The Labute approximate surface area is 201 Å². The largest absolute Gasteiger partial charge is 0.398 e. The number of carbonyl (C=O) groups is 1. The Morgan fingerprint density at radius 1 is 0.971 bits per heavy atom. The second kappa shape index (κ2) is 9.48. The number of anilines is 4. The molecule has 5 rings (SSSR count). The predicted molar refractivity (Wildman–Crippen MR) is 140 cm³/mol. The highest BCUT2D eigenvalue weighted by Gasteiger charge is 2.13. The normalized spacial score (nSPS) is 10.7. The number of pyridine rings is 1. The third-order valence-electron chi connectivity index (χ3n) is 5.53. The minimum atomic E-state index is -0.140. The van der Waals surface area contributed by atoms with Gasteiger partial charge in [0.25, 0.3) is 0 Å². The maximum absolute atomic E-state index is 12.5. The van der Waals surface area contributed by atoms with Crippen molar-refractivity contribution in [1.29, 1.82) is 5.41 Å². The van der Waals surface area contributed by atoms with Gasteiger partial charge in [-0.05, 0) is 60.7 Å². The van der Waals surface area contributed by atoms with Crippen molar-refractivity contribution >= 4 is 45.9 Å². The molecule has 0 saturated carbocycles. The number of amides is 1. The first-order valence-electron chi connectivity index (χ1n) is 11.1. The molecular formula is C27H23N7O. The van der Waals surface area contributed by atoms with Gasteiger partial charge in [0.05, 0.1) is 17.6 Å². The number of aromatic nitrogens is 3. The standard InChI is InChI=1S/C27H23N7O/c28-17-18-14-21(11-12-24(18)29)32-27-23-9-1-2-10-25(23)34(33-27)22-8-5-7-20(15-22)31-26(35)16-19-6-3-4-13-30-19/h1-15,17,28H,16,29H2,(H,31,35)(H,32,33). The number of nitrogens with one attached hydrogen (secondary N) is 3. The van der Waals surface area contributed by atoms with E-state index >= 15 is 0 Å². The van der Waals surface area contributed by atoms with Gasteiger partial charge in [-0.15, -0.1) is 5.10 Å². The van der Waals surface area contributed by atoms with E-state index in [1.54, 1.807) is 12.3 Å². The second-order valence-corrected chi connectivity index (χ2v) is 7.99. The van der Waals surface area contributed by atoms with Crippen molar-refractivity contribution in [3.8, 4) is 5.69 Å². The lowest BCUT2D eigenvalue weighted by atomic mass is 10.1. The number of nitrogen functional groups attached to an aromatic ring is 1. The van der Waals surface area contributed by atoms with Crippen LogP contribution in [-0.4, -0.2) is 26.9 Å². The molecule has 0 saturated heterocycles. The summed E-state index contributed by atoms with van der Waals surface area (Å²) in [5.74, 6) is 0.532. The molecule has 0 aliphatic heterocycles. The molecule has 0 unspecified atom stereocenters. The molecule has 0 bridgehead atoms. The van der Waals surface area contributed by atoms with Gasteiger partial charge in [0.2, 0.25) is 5.91 Å². The van der Waals surface area contributed by atoms with Crippen molar-refractivity contribution < 1.29 is 4.79 Å². The first-order chi connectivity index (χ1) is 17.1. The number of rotatable bonds is 7. The number of benzene rings is 3. The summed E-state index contributed by atoms with van der Waals surface area (Å²) in [4.78, 5) is 16.7. The Morgan fingerprint density at radius 3 is 2.66 bits per heavy atom. The molecule has 5 aromatic rings. The van der Waals surface area contributed by atoms with Crippen LogP contribution in [0, 0.1) is 5.41 Å². The van der Waals surface area contributed by atoms with E-state index in [1.165, 1.54) is 6.21 Å². The molecule has 8 nitrogen and oxygen atoms in total. The van der Waals surface area contributed by atoms with E-state index in [1.807, 2.05) is 83.5 Å². The van der Waals surface area contributed by atoms with Crippen LogP contribution in [0.15, 0.2) is 91.1 Å². The molecule has 172 valence electrons. The topological polar surface area (TPSA) is 122 Å². The van der Waals surface area contributed by atoms with Gasteiger partial charge >= 0.3 is 0 Å². The lowest BCUT2D eigenvalue weighted by Gasteiger charge is -2.09. The number of nitrogens with two attached hydrogens (primary N) is 1. The van der Waals surface area contributed by atoms with E-state index in [0.29, 0.717) is 28.5 Å². The molecule has 2 heterocycles. The Kier molecular flexibility index (Phi) is 5.92. The van der Waals surface area contributed by atoms with E-state index < -0.39 is 0 Å². The van der Waals surface area contributed by atoms with E-state index in [9.17, 15) is 4.79 Å². The minimum absolute atomic E-state index is 0.140. The van der Waals surface area contributed by atoms with Crippen molar-refractivity contribution in [1.82, 2.24) is 14.8 Å². The van der Waals surface area contributed by atoms with Crippen LogP contribution >= 0.6 is 0 Å². The summed E-state index contributed by atoms with van der Waals surface area (Å²) in [6.45, 7) is 0. The predicted octanol–water partition coefficient (Wildman–Crippen LogP) is 4.93. The minimum Gasteiger partial charge on any atom is -0.398 e. The van der Waals surface area contributed by atoms with Gasteiger partial charge < -0.3 is 21.8 Å². The SMILES string of the molecule is N=Cc1cc(Nc2nn(-c3cccc(NC(=O)Cc4ccccn4)c3)c3ccccc23)ccc1N. The maximum atomic E-state index is 12.5. The highest BCUT2D eigenvalue weighted by Crippen LogP contribution is 2.29. The summed E-state index contributed by atoms with van der Waals surface area (Å²) < 4.78 is 1.83. The van der Waals surface area contributed by atoms with Crippen LogP contribution in [0.3, 0.4) is 0 Å². The summed E-state index contributed by atoms with van der Waals surface area (Å²) >= 11 is 0. The van der Waals surface area contributed by atoms with Gasteiger partial charge in [-0.1, -0.05) is 24.3 Å². The van der Waals surface area contributed by atoms with Crippen LogP contribution in [0.1, 0.15) is 11.3 Å². The molecule has 0 aliphatic rings. The van der Waals surface area contributed by atoms with Gasteiger partial charge in [-0.3, -0.25) is 9.78 Å². The first-order valence-corrected chi connectivity index (χ1v) is 11.1. The molecule has 0 radical (unpaired) electrons. The molecule has 3 aromatic carbocycles. The Hall–Kier alpha value is -4.98. The van der Waals surface area contributed by atoms with Crippen LogP contribution in [0.5, 0.6) is 0 Å². The first kappa shape index (κ1) is 21.8. The van der Waals surface area contributed by atoms with Gasteiger partial charge in [0.15, 0.2) is 5.82 Å². The summed E-state index contributed by atoms with van der Waals surface area (Å²) in [5.41, 5.74) is 11.0. The van der Waals surface area contributed by atoms with E-state index in [-0.39, 0.29) is 12.3 Å². The van der Waals surface area contributed by atoms with Crippen molar-refractivity contribution in [3.05, 3.63) is 102 Å². The lowest BCUT2D eigenvalue weighted by molar-refractivity contribution is -0.115. The third-order valence-corrected chi connectivity index (χ3v) is 5.53. The highest BCUT2D eigenvalue weighted by atomic mass is 16.1. The fraction of sp³-hybridized carbons (Fsp3) is 0.0370. The number of hydrogen-bond donors (Lipinski definition) is 4. The van der Waals surface area contributed by atoms with Gasteiger partial charge in [-0.25, -0.2) is 4.68 Å². The van der Waals surface area contributed by atoms with E-state index in [4.69, 9.17) is 16.2 Å². The fourth-order valence-electron chi connectivity index (χ4n) is 3.86. The van der Waals surface area contributed by atoms with Gasteiger partial charge in [0, 0.05) is 46.1 Å². The summed E-state index contributed by atoms with van der Waals surface area (Å²) in [7, 11) is 0. The van der Waals surface area contributed by atoms with Gasteiger partial charge in [0.1, 0.15) is 0 Å². The highest BCUT2D eigenvalue weighted by molar-refractivity contribution is 5.95. The average molecular weight is 462 g/mol. The van der Waals surface area contributed by atoms with Crippen LogP contribution in [-0.2, 0) is 11.2 Å². The van der Waals surface area contributed by atoms with E-state index in [2.05, 4.69) is 15.6 Å². The molecule has 35 heavy (non-hydrogen) atoms. The zero-order valence-corrected chi connectivity index (χ0v) is 18.8. The third kappa shape index (κ3) is 4.72. The number of fused-ring (bicyclic) bond motifs is 1. The van der Waals surface area contributed by atoms with Crippen LogP contribution in [0.2, 0.25) is 0 Å². The van der Waals surface area contributed by atoms with Crippen molar-refractivity contribution in [2.75, 3.05) is 16.4 Å². The van der Waals surface area contributed by atoms with Crippen molar-refractivity contribution in [3.63, 3.8) is 0 Å². The Balaban J connectivity index is 1.44. The molecule has 0 atom stereocenters. The monoisotopic (exact) mass is 461 g/mol. The molecule has 2 aromatic heterocycles. The number of nitrogens with zero attached hydrogens (tertiary/aromatic N) is 3. The summed E-state index contributed by atoms with van der Waals surface area (Å²) in [5, 5.41) is 19.6. The molecule has 1 amide bonds. The zero-order chi connectivity index (χ0) is 24.2. The number of hydrogen-bond acceptors (Lipinski definition) is 6. The molecule has 8 heteroatoms. The second-order valence-electron chi connectivity index (χ2n) is 7.99. The Morgan fingerprint density at radius 2 is 1.83 bits per heavy atom. The van der Waals surface area contributed by atoms with Crippen LogP contribution < -0.4 is 16.4 Å². The smallest absolute Gasteiger partial charge is 0.230 e. The maximum Gasteiger partial charge on any atom is 0.230 e.